The molecule has 1 spiro atoms. The highest BCUT2D eigenvalue weighted by molar-refractivity contribution is 7.99. The molecule has 3 saturated heterocycles. The van der Waals surface area contributed by atoms with Crippen molar-refractivity contribution in [1.29, 1.82) is 0 Å². The lowest BCUT2D eigenvalue weighted by Gasteiger charge is -2.38. The number of thioether (sulfide) groups is 1. The Balaban J connectivity index is 1.17. The van der Waals surface area contributed by atoms with Gasteiger partial charge in [-0.25, -0.2) is 0 Å². The van der Waals surface area contributed by atoms with Crippen molar-refractivity contribution in [3.05, 3.63) is 35.9 Å². The van der Waals surface area contributed by atoms with E-state index in [0.29, 0.717) is 11.3 Å². The van der Waals surface area contributed by atoms with E-state index in [9.17, 15) is 4.79 Å². The zero-order valence-corrected chi connectivity index (χ0v) is 18.2. The second-order valence-electron chi connectivity index (χ2n) is 9.65. The smallest absolute Gasteiger partial charge is 0.223 e. The molecule has 3 aliphatic heterocycles. The van der Waals surface area contributed by atoms with E-state index in [0.717, 1.165) is 45.1 Å². The molecule has 1 aromatic rings. The number of nitrogens with one attached hydrogen (secondary N) is 1. The van der Waals surface area contributed by atoms with Gasteiger partial charge in [0.2, 0.25) is 5.91 Å². The molecule has 5 rings (SSSR count). The first-order valence-electron chi connectivity index (χ1n) is 11.4. The highest BCUT2D eigenvalue weighted by Crippen LogP contribution is 2.59. The number of likely N-dealkylation sites (tertiary alicyclic amines) is 1. The first-order valence-corrected chi connectivity index (χ1v) is 12.6. The van der Waals surface area contributed by atoms with Crippen molar-refractivity contribution < 1.29 is 9.53 Å². The monoisotopic (exact) mass is 414 g/mol. The third-order valence-corrected chi connectivity index (χ3v) is 9.30. The van der Waals surface area contributed by atoms with Crippen LogP contribution < -0.4 is 5.32 Å². The van der Waals surface area contributed by atoms with Gasteiger partial charge in [0.15, 0.2) is 0 Å². The number of piperidine rings is 1. The lowest BCUT2D eigenvalue weighted by Crippen LogP contribution is -2.46. The molecule has 1 aromatic carbocycles. The Morgan fingerprint density at radius 1 is 1.14 bits per heavy atom. The first-order chi connectivity index (χ1) is 14.2. The molecule has 3 heterocycles. The molecule has 29 heavy (non-hydrogen) atoms. The highest BCUT2D eigenvalue weighted by Gasteiger charge is 2.58. The summed E-state index contributed by atoms with van der Waals surface area (Å²) in [5.41, 5.74) is 1.68. The maximum Gasteiger partial charge on any atom is 0.223 e. The molecule has 0 aromatic heterocycles. The SMILES string of the molecule is O=C(NCC1(c2ccccc2)CCOCC1)C1CC12CCN(C1CCSC1)CC2. The largest absolute Gasteiger partial charge is 0.381 e. The topological polar surface area (TPSA) is 41.6 Å². The lowest BCUT2D eigenvalue weighted by atomic mass is 9.74. The summed E-state index contributed by atoms with van der Waals surface area (Å²) in [4.78, 5) is 15.8. The van der Waals surface area contributed by atoms with Gasteiger partial charge < -0.3 is 10.1 Å². The van der Waals surface area contributed by atoms with Gasteiger partial charge in [0.05, 0.1) is 0 Å². The summed E-state index contributed by atoms with van der Waals surface area (Å²) in [6.45, 7) is 4.71. The number of ether oxygens (including phenoxy) is 1. The first kappa shape index (κ1) is 19.9. The minimum atomic E-state index is 0.0285. The van der Waals surface area contributed by atoms with Crippen molar-refractivity contribution in [2.24, 2.45) is 11.3 Å². The predicted octanol–water partition coefficient (Wildman–Crippen LogP) is 3.46. The average Bonchev–Trinajstić information content (AvgIpc) is 3.21. The zero-order chi connectivity index (χ0) is 19.7. The Hall–Kier alpha value is -1.04. The number of nitrogens with zero attached hydrogens (tertiary/aromatic N) is 1. The number of carbonyl (C=O) groups excluding carboxylic acids is 1. The Morgan fingerprint density at radius 2 is 1.90 bits per heavy atom. The van der Waals surface area contributed by atoms with E-state index in [1.165, 1.54) is 49.4 Å². The van der Waals surface area contributed by atoms with Gasteiger partial charge in [-0.2, -0.15) is 11.8 Å². The van der Waals surface area contributed by atoms with Crippen LogP contribution in [0.25, 0.3) is 0 Å². The summed E-state index contributed by atoms with van der Waals surface area (Å²) < 4.78 is 5.64. The highest BCUT2D eigenvalue weighted by atomic mass is 32.2. The van der Waals surface area contributed by atoms with Crippen molar-refractivity contribution in [1.82, 2.24) is 10.2 Å². The van der Waals surface area contributed by atoms with Gasteiger partial charge in [-0.05, 0) is 68.3 Å². The molecule has 2 atom stereocenters. The van der Waals surface area contributed by atoms with Gasteiger partial charge in [0.1, 0.15) is 0 Å². The maximum atomic E-state index is 13.1. The van der Waals surface area contributed by atoms with Gasteiger partial charge in [0.25, 0.3) is 0 Å². The molecule has 5 heteroatoms. The predicted molar refractivity (Wildman–Crippen MR) is 118 cm³/mol. The summed E-state index contributed by atoms with van der Waals surface area (Å²) in [6, 6.07) is 11.5. The molecule has 1 N–H and O–H groups in total. The van der Waals surface area contributed by atoms with Crippen LogP contribution in [0.5, 0.6) is 0 Å². The molecule has 0 radical (unpaired) electrons. The van der Waals surface area contributed by atoms with Crippen LogP contribution in [0, 0.1) is 11.3 Å². The van der Waals surface area contributed by atoms with Crippen LogP contribution in [0.4, 0.5) is 0 Å². The van der Waals surface area contributed by atoms with Gasteiger partial charge in [-0.15, -0.1) is 0 Å². The second kappa shape index (κ2) is 8.24. The molecule has 4 aliphatic rings. The maximum absolute atomic E-state index is 13.1. The van der Waals surface area contributed by atoms with E-state index >= 15 is 0 Å². The lowest BCUT2D eigenvalue weighted by molar-refractivity contribution is -0.124. The minimum absolute atomic E-state index is 0.0285. The van der Waals surface area contributed by atoms with Crippen LogP contribution in [0.1, 0.15) is 44.1 Å². The fourth-order valence-corrected chi connectivity index (χ4v) is 7.17. The van der Waals surface area contributed by atoms with Crippen molar-refractivity contribution in [2.75, 3.05) is 44.4 Å². The number of hydrogen-bond acceptors (Lipinski definition) is 4. The van der Waals surface area contributed by atoms with Crippen LogP contribution in [0.15, 0.2) is 30.3 Å². The normalized spacial score (nSPS) is 30.9. The number of carbonyl (C=O) groups is 1. The van der Waals surface area contributed by atoms with Crippen LogP contribution in [-0.2, 0) is 14.9 Å². The van der Waals surface area contributed by atoms with Crippen LogP contribution in [-0.4, -0.2) is 61.2 Å². The second-order valence-corrected chi connectivity index (χ2v) is 10.8. The Kier molecular flexibility index (Phi) is 5.65. The molecular formula is C24H34N2O2S. The van der Waals surface area contributed by atoms with Gasteiger partial charge >= 0.3 is 0 Å². The fraction of sp³-hybridized carbons (Fsp3) is 0.708. The van der Waals surface area contributed by atoms with Crippen LogP contribution in [0.3, 0.4) is 0 Å². The van der Waals surface area contributed by atoms with Crippen molar-refractivity contribution in [3.63, 3.8) is 0 Å². The summed E-state index contributed by atoms with van der Waals surface area (Å²) in [5, 5.41) is 3.38. The summed E-state index contributed by atoms with van der Waals surface area (Å²) in [6.07, 6.45) is 6.86. The van der Waals surface area contributed by atoms with Crippen molar-refractivity contribution in [2.45, 2.75) is 50.0 Å². The number of hydrogen-bond donors (Lipinski definition) is 1. The fourth-order valence-electron chi connectivity index (χ4n) is 5.92. The zero-order valence-electron chi connectivity index (χ0n) is 17.4. The molecule has 4 nitrogen and oxygen atoms in total. The Morgan fingerprint density at radius 3 is 2.59 bits per heavy atom. The number of benzene rings is 1. The van der Waals surface area contributed by atoms with E-state index < -0.39 is 0 Å². The molecule has 1 amide bonds. The van der Waals surface area contributed by atoms with E-state index in [1.54, 1.807) is 0 Å². The van der Waals surface area contributed by atoms with E-state index in [4.69, 9.17) is 4.74 Å². The van der Waals surface area contributed by atoms with E-state index in [2.05, 4.69) is 52.3 Å². The third-order valence-electron chi connectivity index (χ3n) is 8.16. The van der Waals surface area contributed by atoms with Crippen molar-refractivity contribution >= 4 is 17.7 Å². The third kappa shape index (κ3) is 3.98. The van der Waals surface area contributed by atoms with E-state index in [1.807, 2.05) is 0 Å². The minimum Gasteiger partial charge on any atom is -0.381 e. The molecule has 1 aliphatic carbocycles. The summed E-state index contributed by atoms with van der Waals surface area (Å²) >= 11 is 2.10. The standard InChI is InChI=1S/C24H34N2O2S/c27-22(21-16-23(21)7-11-26(12-8-23)20-6-15-29-17-20)25-18-24(9-13-28-14-10-24)19-4-2-1-3-5-19/h1-5,20-21H,6-18H2,(H,25,27). The summed E-state index contributed by atoms with van der Waals surface area (Å²) in [5.74, 6) is 3.18. The van der Waals surface area contributed by atoms with Crippen molar-refractivity contribution in [3.8, 4) is 0 Å². The summed E-state index contributed by atoms with van der Waals surface area (Å²) in [7, 11) is 0. The number of rotatable bonds is 5. The van der Waals surface area contributed by atoms with E-state index in [-0.39, 0.29) is 11.3 Å². The molecular weight excluding hydrogens is 380 g/mol. The number of amides is 1. The molecule has 158 valence electrons. The van der Waals surface area contributed by atoms with Crippen LogP contribution in [0.2, 0.25) is 0 Å². The van der Waals surface area contributed by atoms with Gasteiger partial charge in [0, 0.05) is 42.9 Å². The molecule has 1 saturated carbocycles. The average molecular weight is 415 g/mol. The molecule has 2 unspecified atom stereocenters. The Bertz CT molecular complexity index is 705. The quantitative estimate of drug-likeness (QED) is 0.801. The Labute approximate surface area is 179 Å². The molecule has 0 bridgehead atoms. The molecule has 4 fully saturated rings. The van der Waals surface area contributed by atoms with Gasteiger partial charge in [-0.1, -0.05) is 30.3 Å². The van der Waals surface area contributed by atoms with Gasteiger partial charge in [-0.3, -0.25) is 9.69 Å². The van der Waals surface area contributed by atoms with Crippen LogP contribution >= 0.6 is 11.8 Å².